The number of benzene rings is 1. The number of carbonyl (C=O) groups excluding carboxylic acids is 1. The predicted octanol–water partition coefficient (Wildman–Crippen LogP) is 1.45. The van der Waals surface area contributed by atoms with E-state index in [9.17, 15) is 23.1 Å². The molecule has 4 rings (SSSR count). The molecule has 1 aromatic carbocycles. The molecule has 7 nitrogen and oxygen atoms in total. The molecule has 26 heavy (non-hydrogen) atoms. The number of rotatable bonds is 5. The molecule has 2 N–H and O–H groups in total. The lowest BCUT2D eigenvalue weighted by Crippen LogP contribution is -2.37. The summed E-state index contributed by atoms with van der Waals surface area (Å²) in [5.41, 5.74) is -0.427. The molecule has 0 bridgehead atoms. The first kappa shape index (κ1) is 17.5. The average molecular weight is 378 g/mol. The Balaban J connectivity index is 1.50. The van der Waals surface area contributed by atoms with Gasteiger partial charge in [0.05, 0.1) is 10.3 Å². The molecule has 2 atom stereocenters. The summed E-state index contributed by atoms with van der Waals surface area (Å²) in [5.74, 6) is -1.05. The number of aliphatic carboxylic acids is 1. The topological polar surface area (TPSA) is 104 Å². The van der Waals surface area contributed by atoms with Gasteiger partial charge in [-0.2, -0.15) is 0 Å². The number of nitrogens with zero attached hydrogens (tertiary/aromatic N) is 1. The molecular formula is C18H22N2O5S. The highest BCUT2D eigenvalue weighted by Gasteiger charge is 2.55. The zero-order valence-corrected chi connectivity index (χ0v) is 15.2. The fraction of sp³-hybridized carbons (Fsp3) is 0.556. The number of carboxylic acid groups (broad SMARTS) is 1. The van der Waals surface area contributed by atoms with Crippen LogP contribution in [0.3, 0.4) is 0 Å². The summed E-state index contributed by atoms with van der Waals surface area (Å²) in [4.78, 5) is 26.2. The minimum atomic E-state index is -3.54. The Morgan fingerprint density at radius 2 is 1.85 bits per heavy atom. The molecule has 0 radical (unpaired) electrons. The summed E-state index contributed by atoms with van der Waals surface area (Å²) >= 11 is 0. The van der Waals surface area contributed by atoms with E-state index in [1.54, 1.807) is 4.90 Å². The molecule has 1 amide bonds. The average Bonchev–Trinajstić information content (AvgIpc) is 3.17. The number of sulfonamides is 1. The lowest BCUT2D eigenvalue weighted by Gasteiger charge is -2.23. The van der Waals surface area contributed by atoms with Gasteiger partial charge in [-0.1, -0.05) is 6.42 Å². The zero-order chi connectivity index (χ0) is 18.5. The van der Waals surface area contributed by atoms with Gasteiger partial charge in [-0.05, 0) is 55.9 Å². The Kier molecular flexibility index (Phi) is 4.07. The molecule has 2 saturated carbocycles. The lowest BCUT2D eigenvalue weighted by atomic mass is 9.81. The molecule has 1 aliphatic heterocycles. The van der Waals surface area contributed by atoms with Crippen molar-refractivity contribution >= 4 is 21.9 Å². The maximum Gasteiger partial charge on any atom is 0.311 e. The quantitative estimate of drug-likeness (QED) is 0.807. The van der Waals surface area contributed by atoms with Crippen molar-refractivity contribution < 1.29 is 23.1 Å². The van der Waals surface area contributed by atoms with Crippen molar-refractivity contribution in [3.8, 4) is 0 Å². The molecule has 1 heterocycles. The molecule has 0 unspecified atom stereocenters. The van der Waals surface area contributed by atoms with Crippen LogP contribution in [-0.2, 0) is 14.8 Å². The molecule has 3 fully saturated rings. The number of hydrogen-bond donors (Lipinski definition) is 2. The molecule has 2 aliphatic carbocycles. The third kappa shape index (κ3) is 2.91. The number of hydrogen-bond acceptors (Lipinski definition) is 4. The van der Waals surface area contributed by atoms with E-state index in [1.165, 1.54) is 24.3 Å². The lowest BCUT2D eigenvalue weighted by molar-refractivity contribution is -0.149. The number of carbonyl (C=O) groups is 2. The smallest absolute Gasteiger partial charge is 0.311 e. The molecule has 1 aromatic rings. The standard InChI is InChI=1S/C18H22N2O5S/c21-16(20-10-13-2-1-9-18(13,11-20)17(22)23)12-3-7-15(8-4-12)26(24,25)19-14-5-6-14/h3-4,7-8,13-14,19H,1-2,5-6,9-11H2,(H,22,23)/t13-,18+/m0/s1. The Morgan fingerprint density at radius 1 is 1.15 bits per heavy atom. The van der Waals surface area contributed by atoms with E-state index in [0.29, 0.717) is 18.5 Å². The first-order chi connectivity index (χ1) is 12.3. The van der Waals surface area contributed by atoms with Crippen LogP contribution in [0, 0.1) is 11.3 Å². The van der Waals surface area contributed by atoms with Crippen molar-refractivity contribution in [1.82, 2.24) is 9.62 Å². The highest BCUT2D eigenvalue weighted by atomic mass is 32.2. The SMILES string of the molecule is O=C(c1ccc(S(=O)(=O)NC2CC2)cc1)N1C[C@@H]2CCC[C@@]2(C(=O)O)C1. The van der Waals surface area contributed by atoms with E-state index in [2.05, 4.69) is 4.72 Å². The fourth-order valence-electron chi connectivity index (χ4n) is 4.24. The van der Waals surface area contributed by atoms with E-state index in [-0.39, 0.29) is 29.3 Å². The van der Waals surface area contributed by atoms with Gasteiger partial charge in [0.25, 0.3) is 5.91 Å². The van der Waals surface area contributed by atoms with Gasteiger partial charge in [-0.3, -0.25) is 9.59 Å². The summed E-state index contributed by atoms with van der Waals surface area (Å²) in [6.45, 7) is 0.684. The van der Waals surface area contributed by atoms with Crippen LogP contribution in [-0.4, -0.2) is 49.4 Å². The number of nitrogens with one attached hydrogen (secondary N) is 1. The van der Waals surface area contributed by atoms with Gasteiger partial charge in [0, 0.05) is 24.7 Å². The molecular weight excluding hydrogens is 356 g/mol. The van der Waals surface area contributed by atoms with Crippen LogP contribution in [0.25, 0.3) is 0 Å². The first-order valence-electron chi connectivity index (χ1n) is 8.97. The van der Waals surface area contributed by atoms with Crippen molar-refractivity contribution in [1.29, 1.82) is 0 Å². The first-order valence-corrected chi connectivity index (χ1v) is 10.5. The maximum atomic E-state index is 12.8. The summed E-state index contributed by atoms with van der Waals surface area (Å²) in [6.07, 6.45) is 4.05. The van der Waals surface area contributed by atoms with E-state index < -0.39 is 21.4 Å². The van der Waals surface area contributed by atoms with Gasteiger partial charge < -0.3 is 10.0 Å². The third-order valence-corrected chi connectivity index (χ3v) is 7.43. The Labute approximate surface area is 152 Å². The van der Waals surface area contributed by atoms with Gasteiger partial charge in [0.2, 0.25) is 10.0 Å². The van der Waals surface area contributed by atoms with Crippen molar-refractivity contribution in [3.05, 3.63) is 29.8 Å². The molecule has 3 aliphatic rings. The van der Waals surface area contributed by atoms with Crippen LogP contribution in [0.5, 0.6) is 0 Å². The summed E-state index contributed by atoms with van der Waals surface area (Å²) in [6, 6.07) is 5.90. The summed E-state index contributed by atoms with van der Waals surface area (Å²) < 4.78 is 27.0. The van der Waals surface area contributed by atoms with E-state index in [4.69, 9.17) is 0 Å². The van der Waals surface area contributed by atoms with Crippen LogP contribution in [0.2, 0.25) is 0 Å². The monoisotopic (exact) mass is 378 g/mol. The molecule has 0 aromatic heterocycles. The van der Waals surface area contributed by atoms with E-state index in [1.807, 2.05) is 0 Å². The van der Waals surface area contributed by atoms with Gasteiger partial charge >= 0.3 is 5.97 Å². The third-order valence-electron chi connectivity index (χ3n) is 5.89. The highest BCUT2D eigenvalue weighted by molar-refractivity contribution is 7.89. The van der Waals surface area contributed by atoms with Gasteiger partial charge in [0.1, 0.15) is 0 Å². The number of fused-ring (bicyclic) bond motifs is 1. The minimum absolute atomic E-state index is 0.00587. The second-order valence-corrected chi connectivity index (χ2v) is 9.37. The normalized spacial score (nSPS) is 28.2. The van der Waals surface area contributed by atoms with Crippen molar-refractivity contribution in [3.63, 3.8) is 0 Å². The molecule has 140 valence electrons. The van der Waals surface area contributed by atoms with Gasteiger partial charge in [-0.25, -0.2) is 13.1 Å². The maximum absolute atomic E-state index is 12.8. The molecule has 1 saturated heterocycles. The Hall–Kier alpha value is -1.93. The zero-order valence-electron chi connectivity index (χ0n) is 14.3. The Morgan fingerprint density at radius 3 is 2.42 bits per heavy atom. The van der Waals surface area contributed by atoms with Crippen LogP contribution in [0.1, 0.15) is 42.5 Å². The van der Waals surface area contributed by atoms with E-state index in [0.717, 1.165) is 25.7 Å². The second-order valence-electron chi connectivity index (χ2n) is 7.66. The number of likely N-dealkylation sites (tertiary alicyclic amines) is 1. The van der Waals surface area contributed by atoms with Crippen molar-refractivity contribution in [2.45, 2.75) is 43.0 Å². The van der Waals surface area contributed by atoms with Crippen LogP contribution in [0.15, 0.2) is 29.2 Å². The van der Waals surface area contributed by atoms with Crippen LogP contribution >= 0.6 is 0 Å². The van der Waals surface area contributed by atoms with E-state index >= 15 is 0 Å². The van der Waals surface area contributed by atoms with Crippen molar-refractivity contribution in [2.75, 3.05) is 13.1 Å². The predicted molar refractivity (Wildman–Crippen MR) is 93.1 cm³/mol. The Bertz CT molecular complexity index is 847. The van der Waals surface area contributed by atoms with Gasteiger partial charge in [0.15, 0.2) is 0 Å². The molecule has 8 heteroatoms. The summed E-state index contributed by atoms with van der Waals surface area (Å²) in [7, 11) is -3.54. The second kappa shape index (κ2) is 6.06. The minimum Gasteiger partial charge on any atom is -0.481 e. The van der Waals surface area contributed by atoms with Crippen LogP contribution in [0.4, 0.5) is 0 Å². The number of carboxylic acids is 1. The largest absolute Gasteiger partial charge is 0.481 e. The van der Waals surface area contributed by atoms with Crippen LogP contribution < -0.4 is 4.72 Å². The van der Waals surface area contributed by atoms with Gasteiger partial charge in [-0.15, -0.1) is 0 Å². The number of amides is 1. The van der Waals surface area contributed by atoms with Crippen molar-refractivity contribution in [2.24, 2.45) is 11.3 Å². The summed E-state index contributed by atoms with van der Waals surface area (Å²) in [5, 5.41) is 9.64. The highest BCUT2D eigenvalue weighted by Crippen LogP contribution is 2.49. The fourth-order valence-corrected chi connectivity index (χ4v) is 5.55. The molecule has 0 spiro atoms.